The van der Waals surface area contributed by atoms with E-state index in [1.54, 1.807) is 7.11 Å². The van der Waals surface area contributed by atoms with E-state index in [4.69, 9.17) is 14.7 Å². The van der Waals surface area contributed by atoms with Crippen LogP contribution in [0, 0.1) is 47.3 Å². The Kier molecular flexibility index (Phi) is 5.89. The number of fused-ring (bicyclic) bond motifs is 4. The lowest BCUT2D eigenvalue weighted by molar-refractivity contribution is 0.315. The summed E-state index contributed by atoms with van der Waals surface area (Å²) in [5.74, 6) is 5.37. The van der Waals surface area contributed by atoms with Gasteiger partial charge in [0.25, 0.3) is 0 Å². The summed E-state index contributed by atoms with van der Waals surface area (Å²) in [4.78, 5) is 9.71. The molecule has 6 atom stereocenters. The van der Waals surface area contributed by atoms with E-state index in [0.29, 0.717) is 23.2 Å². The quantitative estimate of drug-likeness (QED) is 0.423. The van der Waals surface area contributed by atoms with Crippen molar-refractivity contribution >= 4 is 22.8 Å². The molecule has 0 bridgehead atoms. The molecule has 3 aromatic heterocycles. The minimum atomic E-state index is 0.378. The predicted molar refractivity (Wildman–Crippen MR) is 139 cm³/mol. The van der Waals surface area contributed by atoms with Crippen molar-refractivity contribution in [3.05, 3.63) is 24.2 Å². The van der Waals surface area contributed by atoms with Gasteiger partial charge in [-0.1, -0.05) is 6.92 Å². The number of H-pyrrole nitrogens is 1. The minimum Gasteiger partial charge on any atom is -0.494 e. The minimum absolute atomic E-state index is 0.378. The summed E-state index contributed by atoms with van der Waals surface area (Å²) in [5, 5.41) is 19.8. The monoisotopic (exact) mass is 487 g/mol. The zero-order valence-corrected chi connectivity index (χ0v) is 21.6. The molecule has 0 radical (unpaired) electrons. The van der Waals surface area contributed by atoms with Crippen LogP contribution in [0.5, 0.6) is 5.75 Å². The van der Waals surface area contributed by atoms with Crippen LogP contribution in [-0.4, -0.2) is 31.8 Å². The van der Waals surface area contributed by atoms with E-state index in [-0.39, 0.29) is 0 Å². The van der Waals surface area contributed by atoms with Gasteiger partial charge < -0.3 is 14.6 Å². The molecule has 3 heterocycles. The first-order chi connectivity index (χ1) is 17.5. The molecule has 8 nitrogen and oxygen atoms in total. The normalized spacial score (nSPS) is 31.6. The van der Waals surface area contributed by atoms with Crippen LogP contribution in [0.15, 0.2) is 18.5 Å². The summed E-state index contributed by atoms with van der Waals surface area (Å²) >= 11 is 0. The molecule has 6 rings (SSSR count). The summed E-state index contributed by atoms with van der Waals surface area (Å²) in [6.45, 7) is 4.40. The van der Waals surface area contributed by atoms with Crippen LogP contribution < -0.4 is 10.1 Å². The molecule has 8 heteroatoms. The Bertz CT molecular complexity index is 1290. The molecule has 3 aliphatic carbocycles. The van der Waals surface area contributed by atoms with Gasteiger partial charge in [-0.25, -0.2) is 9.97 Å². The van der Waals surface area contributed by atoms with Gasteiger partial charge in [-0.15, -0.1) is 0 Å². The van der Waals surface area contributed by atoms with Crippen LogP contribution in [0.25, 0.3) is 11.2 Å². The molecule has 3 saturated carbocycles. The second-order valence-corrected chi connectivity index (χ2v) is 11.6. The Morgan fingerprint density at radius 2 is 2.08 bits per heavy atom. The Labute approximate surface area is 212 Å². The lowest BCUT2D eigenvalue weighted by Crippen LogP contribution is -2.12. The molecule has 0 amide bonds. The average Bonchev–Trinajstić information content (AvgIpc) is 3.69. The lowest BCUT2D eigenvalue weighted by Gasteiger charge is -2.21. The molecule has 36 heavy (non-hydrogen) atoms. The molecule has 0 aromatic carbocycles. The number of imidazole rings is 1. The van der Waals surface area contributed by atoms with E-state index in [0.717, 1.165) is 71.9 Å². The number of aryl methyl sites for hydroxylation is 1. The van der Waals surface area contributed by atoms with Crippen molar-refractivity contribution in [2.45, 2.75) is 77.7 Å². The van der Waals surface area contributed by atoms with E-state index in [1.807, 2.05) is 25.4 Å². The summed E-state index contributed by atoms with van der Waals surface area (Å²) in [5.41, 5.74) is 3.16. The molecule has 3 aliphatic rings. The lowest BCUT2D eigenvalue weighted by atomic mass is 9.86. The number of methoxy groups -OCH3 is 1. The number of aromatic amines is 1. The van der Waals surface area contributed by atoms with Gasteiger partial charge in [0.05, 0.1) is 19.5 Å². The highest BCUT2D eigenvalue weighted by atomic mass is 16.5. The third-order valence-corrected chi connectivity index (χ3v) is 9.26. The first-order valence-electron chi connectivity index (χ1n) is 13.6. The zero-order chi connectivity index (χ0) is 24.9. The molecule has 0 saturated heterocycles. The number of nitrogens with one attached hydrogen (secondary N) is 2. The van der Waals surface area contributed by atoms with Crippen molar-refractivity contribution in [1.29, 1.82) is 5.26 Å². The number of rotatable bonds is 6. The van der Waals surface area contributed by atoms with Gasteiger partial charge >= 0.3 is 0 Å². The van der Waals surface area contributed by atoms with Crippen molar-refractivity contribution in [3.8, 4) is 11.8 Å². The molecule has 0 aliphatic heterocycles. The summed E-state index contributed by atoms with van der Waals surface area (Å²) in [6.07, 6.45) is 12.6. The van der Waals surface area contributed by atoms with Crippen LogP contribution in [0.2, 0.25) is 0 Å². The van der Waals surface area contributed by atoms with Crippen molar-refractivity contribution in [3.63, 3.8) is 0 Å². The third-order valence-electron chi connectivity index (χ3n) is 9.26. The van der Waals surface area contributed by atoms with Gasteiger partial charge in [0.15, 0.2) is 17.2 Å². The fourth-order valence-corrected chi connectivity index (χ4v) is 7.21. The Morgan fingerprint density at radius 3 is 2.86 bits per heavy atom. The number of pyridine rings is 1. The average molecular weight is 488 g/mol. The van der Waals surface area contributed by atoms with Crippen molar-refractivity contribution in [2.24, 2.45) is 29.1 Å². The SMILES string of the molecule is COc1cc(Nc2cc(C)[nH]n2)nc2c1ncn2[C@@H]1CC[C@@H](C)CC2CC2(CCC#N)C2C[C@@H]2CC1. The summed E-state index contributed by atoms with van der Waals surface area (Å²) < 4.78 is 8.00. The van der Waals surface area contributed by atoms with Gasteiger partial charge in [0, 0.05) is 30.3 Å². The smallest absolute Gasteiger partial charge is 0.166 e. The van der Waals surface area contributed by atoms with Gasteiger partial charge in [0.2, 0.25) is 0 Å². The number of nitrogens with zero attached hydrogens (tertiary/aromatic N) is 5. The second kappa shape index (κ2) is 9.10. The number of ether oxygens (including phenoxy) is 1. The topological polar surface area (TPSA) is 104 Å². The number of anilines is 2. The fourth-order valence-electron chi connectivity index (χ4n) is 7.21. The maximum Gasteiger partial charge on any atom is 0.166 e. The number of hydrogen-bond donors (Lipinski definition) is 2. The van der Waals surface area contributed by atoms with E-state index in [1.165, 1.54) is 32.1 Å². The van der Waals surface area contributed by atoms with Crippen LogP contribution in [-0.2, 0) is 0 Å². The molecular weight excluding hydrogens is 450 g/mol. The first-order valence-corrected chi connectivity index (χ1v) is 13.6. The van der Waals surface area contributed by atoms with E-state index < -0.39 is 0 Å². The summed E-state index contributed by atoms with van der Waals surface area (Å²) in [6, 6.07) is 6.66. The van der Waals surface area contributed by atoms with Crippen molar-refractivity contribution in [2.75, 3.05) is 12.4 Å². The van der Waals surface area contributed by atoms with Crippen LogP contribution in [0.3, 0.4) is 0 Å². The predicted octanol–water partition coefficient (Wildman–Crippen LogP) is 6.30. The maximum atomic E-state index is 9.24. The highest BCUT2D eigenvalue weighted by molar-refractivity contribution is 5.81. The zero-order valence-electron chi connectivity index (χ0n) is 21.6. The van der Waals surface area contributed by atoms with Crippen LogP contribution in [0.1, 0.15) is 76.4 Å². The van der Waals surface area contributed by atoms with Gasteiger partial charge in [-0.3, -0.25) is 5.10 Å². The highest BCUT2D eigenvalue weighted by Crippen LogP contribution is 2.72. The van der Waals surface area contributed by atoms with Crippen LogP contribution in [0.4, 0.5) is 11.6 Å². The Morgan fingerprint density at radius 1 is 1.22 bits per heavy atom. The molecule has 190 valence electrons. The van der Waals surface area contributed by atoms with E-state index in [9.17, 15) is 5.26 Å². The standard InChI is InChI=1S/C28H37N7O/c1-17-5-7-21(8-6-19-13-22(19)28(9-4-10-29)15-20(28)11-17)35-16-30-26-23(36-3)14-24(32-27(26)35)31-25-12-18(2)33-34-25/h12,14,16-17,19-22H,4-9,11,13,15H2,1-3H3,(H2,31,32,33,34)/t17-,19+,20?,21-,22?,28?/m1/s1. The largest absolute Gasteiger partial charge is 0.494 e. The van der Waals surface area contributed by atoms with Gasteiger partial charge in [-0.2, -0.15) is 10.4 Å². The Balaban J connectivity index is 1.27. The molecule has 3 fully saturated rings. The van der Waals surface area contributed by atoms with E-state index >= 15 is 0 Å². The number of aromatic nitrogens is 5. The van der Waals surface area contributed by atoms with Gasteiger partial charge in [0.1, 0.15) is 11.3 Å². The molecule has 3 unspecified atom stereocenters. The van der Waals surface area contributed by atoms with Crippen molar-refractivity contribution < 1.29 is 4.74 Å². The molecule has 2 N–H and O–H groups in total. The van der Waals surface area contributed by atoms with E-state index in [2.05, 4.69) is 33.1 Å². The fraction of sp³-hybridized carbons (Fsp3) is 0.643. The first kappa shape index (κ1) is 23.3. The summed E-state index contributed by atoms with van der Waals surface area (Å²) in [7, 11) is 1.69. The molecule has 3 aromatic rings. The number of hydrogen-bond acceptors (Lipinski definition) is 6. The second-order valence-electron chi connectivity index (χ2n) is 11.6. The Hall–Kier alpha value is -3.08. The third kappa shape index (κ3) is 4.23. The highest BCUT2D eigenvalue weighted by Gasteiger charge is 2.64. The van der Waals surface area contributed by atoms with Gasteiger partial charge in [-0.05, 0) is 87.4 Å². The molecule has 0 spiro atoms. The molecular formula is C28H37N7O. The van der Waals surface area contributed by atoms with Crippen LogP contribution >= 0.6 is 0 Å². The maximum absolute atomic E-state index is 9.24. The van der Waals surface area contributed by atoms with Crippen molar-refractivity contribution in [1.82, 2.24) is 24.7 Å². The number of nitriles is 1.